The number of hydrogen-bond donors (Lipinski definition) is 5. The molecule has 6 N–H and O–H groups in total. The Hall–Kier alpha value is -2.44. The molecule has 1 atom stereocenters. The highest BCUT2D eigenvalue weighted by Gasteiger charge is 2.12. The van der Waals surface area contributed by atoms with Gasteiger partial charge >= 0.3 is 0 Å². The minimum absolute atomic E-state index is 0.0175. The zero-order chi connectivity index (χ0) is 13.7. The molecule has 0 aliphatic carbocycles. The van der Waals surface area contributed by atoms with Crippen molar-refractivity contribution in [2.24, 2.45) is 16.8 Å². The number of rotatable bonds is 4. The highest BCUT2D eigenvalue weighted by atomic mass is 16.4. The SMILES string of the molecule is CC(CNC(=O)c1ccc(O)c(O)c1)/C(N)=N/O. The summed E-state index contributed by atoms with van der Waals surface area (Å²) >= 11 is 0. The number of oxime groups is 1. The molecule has 0 saturated carbocycles. The van der Waals surface area contributed by atoms with Gasteiger partial charge in [0.1, 0.15) is 5.84 Å². The zero-order valence-electron chi connectivity index (χ0n) is 9.79. The molecule has 0 saturated heterocycles. The van der Waals surface area contributed by atoms with Crippen molar-refractivity contribution in [2.45, 2.75) is 6.92 Å². The van der Waals surface area contributed by atoms with Gasteiger partial charge < -0.3 is 26.5 Å². The first kappa shape index (κ1) is 13.6. The highest BCUT2D eigenvalue weighted by molar-refractivity contribution is 5.95. The molecule has 18 heavy (non-hydrogen) atoms. The number of carbonyl (C=O) groups is 1. The molecule has 0 radical (unpaired) electrons. The average Bonchev–Trinajstić information content (AvgIpc) is 2.37. The summed E-state index contributed by atoms with van der Waals surface area (Å²) in [6.07, 6.45) is 0. The molecule has 0 bridgehead atoms. The molecule has 0 spiro atoms. The van der Waals surface area contributed by atoms with Crippen molar-refractivity contribution in [1.29, 1.82) is 0 Å². The van der Waals surface area contributed by atoms with Gasteiger partial charge in [-0.3, -0.25) is 4.79 Å². The van der Waals surface area contributed by atoms with Crippen LogP contribution in [0, 0.1) is 5.92 Å². The lowest BCUT2D eigenvalue weighted by atomic mass is 10.1. The summed E-state index contributed by atoms with van der Waals surface area (Å²) in [5.41, 5.74) is 5.57. The first-order chi connectivity index (χ1) is 8.45. The van der Waals surface area contributed by atoms with E-state index >= 15 is 0 Å². The monoisotopic (exact) mass is 253 g/mol. The summed E-state index contributed by atoms with van der Waals surface area (Å²) in [6.45, 7) is 1.87. The van der Waals surface area contributed by atoms with Gasteiger partial charge in [0.05, 0.1) is 0 Å². The van der Waals surface area contributed by atoms with E-state index in [-0.39, 0.29) is 35.4 Å². The van der Waals surface area contributed by atoms with Crippen molar-refractivity contribution in [3.8, 4) is 11.5 Å². The Labute approximate surface area is 104 Å². The Morgan fingerprint density at radius 3 is 2.67 bits per heavy atom. The third kappa shape index (κ3) is 3.27. The summed E-state index contributed by atoms with van der Waals surface area (Å²) in [7, 11) is 0. The fourth-order valence-corrected chi connectivity index (χ4v) is 1.22. The molecule has 7 nitrogen and oxygen atoms in total. The number of aromatic hydroxyl groups is 2. The Bertz CT molecular complexity index is 473. The number of phenolic OH excluding ortho intramolecular Hbond substituents is 2. The minimum atomic E-state index is -0.428. The van der Waals surface area contributed by atoms with Crippen LogP contribution in [0.5, 0.6) is 11.5 Å². The van der Waals surface area contributed by atoms with Gasteiger partial charge in [-0.1, -0.05) is 12.1 Å². The molecule has 1 unspecified atom stereocenters. The first-order valence-electron chi connectivity index (χ1n) is 5.23. The number of benzene rings is 1. The van der Waals surface area contributed by atoms with Crippen LogP contribution in [0.3, 0.4) is 0 Å². The zero-order valence-corrected chi connectivity index (χ0v) is 9.79. The van der Waals surface area contributed by atoms with Gasteiger partial charge in [0.15, 0.2) is 11.5 Å². The van der Waals surface area contributed by atoms with Crippen LogP contribution in [0.15, 0.2) is 23.4 Å². The molecule has 0 aliphatic rings. The van der Waals surface area contributed by atoms with Gasteiger partial charge in [-0.25, -0.2) is 0 Å². The number of carbonyl (C=O) groups excluding carboxylic acids is 1. The van der Waals surface area contributed by atoms with Crippen molar-refractivity contribution in [3.05, 3.63) is 23.8 Å². The van der Waals surface area contributed by atoms with Crippen LogP contribution in [0.2, 0.25) is 0 Å². The molecule has 7 heteroatoms. The molecule has 0 aromatic heterocycles. The van der Waals surface area contributed by atoms with Gasteiger partial charge in [-0.2, -0.15) is 0 Å². The number of nitrogens with two attached hydrogens (primary N) is 1. The summed E-state index contributed by atoms with van der Waals surface area (Å²) in [6, 6.07) is 3.74. The molecular weight excluding hydrogens is 238 g/mol. The van der Waals surface area contributed by atoms with E-state index in [9.17, 15) is 9.90 Å². The lowest BCUT2D eigenvalue weighted by Crippen LogP contribution is -2.34. The van der Waals surface area contributed by atoms with Gasteiger partial charge in [0, 0.05) is 18.0 Å². The van der Waals surface area contributed by atoms with Crippen LogP contribution in [0.25, 0.3) is 0 Å². The second-order valence-corrected chi connectivity index (χ2v) is 3.84. The summed E-state index contributed by atoms with van der Waals surface area (Å²) in [4.78, 5) is 11.7. The molecule has 0 fully saturated rings. The highest BCUT2D eigenvalue weighted by Crippen LogP contribution is 2.24. The van der Waals surface area contributed by atoms with E-state index in [1.807, 2.05) is 0 Å². The molecule has 98 valence electrons. The predicted molar refractivity (Wildman–Crippen MR) is 64.7 cm³/mol. The molecule has 0 aliphatic heterocycles. The largest absolute Gasteiger partial charge is 0.504 e. The van der Waals surface area contributed by atoms with Crippen LogP contribution in [0.1, 0.15) is 17.3 Å². The van der Waals surface area contributed by atoms with Gasteiger partial charge in [-0.15, -0.1) is 0 Å². The van der Waals surface area contributed by atoms with Crippen LogP contribution in [0.4, 0.5) is 0 Å². The summed E-state index contributed by atoms with van der Waals surface area (Å²) < 4.78 is 0. The van der Waals surface area contributed by atoms with E-state index in [0.717, 1.165) is 6.07 Å². The Kier molecular flexibility index (Phi) is 4.36. The lowest BCUT2D eigenvalue weighted by molar-refractivity contribution is 0.0950. The number of nitrogens with zero attached hydrogens (tertiary/aromatic N) is 1. The number of hydrogen-bond acceptors (Lipinski definition) is 5. The van der Waals surface area contributed by atoms with Crippen molar-refractivity contribution in [3.63, 3.8) is 0 Å². The van der Waals surface area contributed by atoms with Crippen molar-refractivity contribution >= 4 is 11.7 Å². The third-order valence-corrected chi connectivity index (χ3v) is 2.43. The van der Waals surface area contributed by atoms with Crippen LogP contribution < -0.4 is 11.1 Å². The van der Waals surface area contributed by atoms with Gasteiger partial charge in [0.2, 0.25) is 0 Å². The molecule has 1 rings (SSSR count). The Balaban J connectivity index is 2.63. The summed E-state index contributed by atoms with van der Waals surface area (Å²) in [5.74, 6) is -1.39. The second kappa shape index (κ2) is 5.76. The second-order valence-electron chi connectivity index (χ2n) is 3.84. The summed E-state index contributed by atoms with van der Waals surface area (Å²) in [5, 5.41) is 32.2. The van der Waals surface area contributed by atoms with Crippen molar-refractivity contribution < 1.29 is 20.2 Å². The maximum atomic E-state index is 11.7. The van der Waals surface area contributed by atoms with Crippen LogP contribution >= 0.6 is 0 Å². The van der Waals surface area contributed by atoms with Gasteiger partial charge in [-0.05, 0) is 18.2 Å². The van der Waals surface area contributed by atoms with Crippen molar-refractivity contribution in [2.75, 3.05) is 6.54 Å². The Morgan fingerprint density at radius 2 is 2.11 bits per heavy atom. The van der Waals surface area contributed by atoms with E-state index in [0.29, 0.717) is 0 Å². The number of nitrogens with one attached hydrogen (secondary N) is 1. The fourth-order valence-electron chi connectivity index (χ4n) is 1.22. The molecule has 0 heterocycles. The number of amides is 1. The molecular formula is C11H15N3O4. The normalized spacial score (nSPS) is 13.1. The Morgan fingerprint density at radius 1 is 1.44 bits per heavy atom. The first-order valence-corrected chi connectivity index (χ1v) is 5.23. The van der Waals surface area contributed by atoms with E-state index in [1.54, 1.807) is 6.92 Å². The standard InChI is InChI=1S/C11H15N3O4/c1-6(10(12)14-18)5-13-11(17)7-2-3-8(15)9(16)4-7/h2-4,6,15-16,18H,5H2,1H3,(H2,12,14)(H,13,17). The van der Waals surface area contributed by atoms with E-state index in [2.05, 4.69) is 10.5 Å². The molecule has 1 aromatic rings. The van der Waals surface area contributed by atoms with E-state index in [4.69, 9.17) is 16.0 Å². The maximum absolute atomic E-state index is 11.7. The third-order valence-electron chi connectivity index (χ3n) is 2.43. The predicted octanol–water partition coefficient (Wildman–Crippen LogP) is 0.210. The number of phenols is 2. The molecule has 1 amide bonds. The molecule has 1 aromatic carbocycles. The lowest BCUT2D eigenvalue weighted by Gasteiger charge is -2.11. The quantitative estimate of drug-likeness (QED) is 0.172. The maximum Gasteiger partial charge on any atom is 0.251 e. The van der Waals surface area contributed by atoms with Gasteiger partial charge in [0.25, 0.3) is 5.91 Å². The average molecular weight is 253 g/mol. The van der Waals surface area contributed by atoms with E-state index in [1.165, 1.54) is 12.1 Å². The number of amidine groups is 1. The van der Waals surface area contributed by atoms with E-state index < -0.39 is 5.91 Å². The smallest absolute Gasteiger partial charge is 0.251 e. The topological polar surface area (TPSA) is 128 Å². The fraction of sp³-hybridized carbons (Fsp3) is 0.273. The van der Waals surface area contributed by atoms with Crippen LogP contribution in [-0.4, -0.2) is 33.7 Å². The van der Waals surface area contributed by atoms with Crippen molar-refractivity contribution in [1.82, 2.24) is 5.32 Å². The van der Waals surface area contributed by atoms with Crippen LogP contribution in [-0.2, 0) is 0 Å². The minimum Gasteiger partial charge on any atom is -0.504 e.